The van der Waals surface area contributed by atoms with Gasteiger partial charge in [-0.1, -0.05) is 57.5 Å². The third kappa shape index (κ3) is 4.18. The predicted octanol–water partition coefficient (Wildman–Crippen LogP) is 6.06. The quantitative estimate of drug-likeness (QED) is 0.386. The fourth-order valence-corrected chi connectivity index (χ4v) is 4.59. The molecule has 0 spiro atoms. The number of benzene rings is 2. The lowest BCUT2D eigenvalue weighted by atomic mass is 9.77. The maximum atomic E-state index is 11.4. The van der Waals surface area contributed by atoms with Gasteiger partial charge in [0.1, 0.15) is 5.75 Å². The molecule has 0 amide bonds. The Morgan fingerprint density at radius 1 is 0.828 bits per heavy atom. The number of ether oxygens (including phenoxy) is 2. The van der Waals surface area contributed by atoms with Crippen LogP contribution in [0, 0.1) is 13.8 Å². The van der Waals surface area contributed by atoms with Crippen molar-refractivity contribution in [3.05, 3.63) is 57.6 Å². The number of carbonyl (C=O) groups excluding carboxylic acids is 2. The standard InChI is InChI=1S/C12H13ClO2.C12H14O2.H2/c1-7-4-5-8(13)11-10(7)12(2,3)6-9(14)15-11;1-8-5-4-6-9-11(8)12(2,3)7-10(13)14-9;/h4-5H,6H2,1-3H3;4-6H,7H2,1-3H3;1H. The lowest BCUT2D eigenvalue weighted by Gasteiger charge is -2.32. The van der Waals surface area contributed by atoms with E-state index in [9.17, 15) is 9.59 Å². The van der Waals surface area contributed by atoms with Crippen molar-refractivity contribution >= 4 is 23.5 Å². The number of esters is 2. The SMILES string of the molecule is Cc1ccc(Cl)c2c1C(C)(C)CC(=O)O2.Cc1cccc2c1C(C)(C)CC(=O)O2.[HH]. The Hall–Kier alpha value is -2.33. The maximum Gasteiger partial charge on any atom is 0.312 e. The molecule has 0 bridgehead atoms. The Labute approximate surface area is 178 Å². The van der Waals surface area contributed by atoms with Gasteiger partial charge in [-0.3, -0.25) is 9.59 Å². The van der Waals surface area contributed by atoms with Crippen molar-refractivity contribution in [2.24, 2.45) is 0 Å². The van der Waals surface area contributed by atoms with Crippen molar-refractivity contribution in [2.45, 2.75) is 65.2 Å². The summed E-state index contributed by atoms with van der Waals surface area (Å²) in [6.07, 6.45) is 0.867. The minimum Gasteiger partial charge on any atom is -0.426 e. The molecule has 2 aliphatic heterocycles. The highest BCUT2D eigenvalue weighted by Gasteiger charge is 2.36. The molecule has 5 heteroatoms. The van der Waals surface area contributed by atoms with E-state index in [1.807, 2.05) is 39.0 Å². The Balaban J connectivity index is 0.000000207. The lowest BCUT2D eigenvalue weighted by molar-refractivity contribution is -0.138. The molecule has 2 heterocycles. The first-order valence-corrected chi connectivity index (χ1v) is 10.1. The Morgan fingerprint density at radius 3 is 2.03 bits per heavy atom. The molecule has 0 radical (unpaired) electrons. The van der Waals surface area contributed by atoms with Crippen LogP contribution in [0.25, 0.3) is 0 Å². The summed E-state index contributed by atoms with van der Waals surface area (Å²) in [5.41, 5.74) is 4.23. The molecule has 0 N–H and O–H groups in total. The van der Waals surface area contributed by atoms with Crippen LogP contribution in [0.1, 0.15) is 64.2 Å². The van der Waals surface area contributed by atoms with E-state index in [-0.39, 0.29) is 24.2 Å². The van der Waals surface area contributed by atoms with Crippen molar-refractivity contribution in [3.63, 3.8) is 0 Å². The summed E-state index contributed by atoms with van der Waals surface area (Å²) in [5, 5.41) is 0.511. The van der Waals surface area contributed by atoms with Gasteiger partial charge in [0.25, 0.3) is 0 Å². The zero-order chi connectivity index (χ0) is 21.6. The molecule has 0 unspecified atom stereocenters. The van der Waals surface area contributed by atoms with E-state index in [4.69, 9.17) is 21.1 Å². The zero-order valence-electron chi connectivity index (χ0n) is 17.8. The van der Waals surface area contributed by atoms with E-state index in [1.54, 1.807) is 6.07 Å². The summed E-state index contributed by atoms with van der Waals surface area (Å²) in [5.74, 6) is 0.928. The largest absolute Gasteiger partial charge is 0.426 e. The van der Waals surface area contributed by atoms with Crippen LogP contribution < -0.4 is 9.47 Å². The number of hydrogen-bond donors (Lipinski definition) is 0. The molecule has 2 aliphatic rings. The van der Waals surface area contributed by atoms with Crippen LogP contribution in [0.2, 0.25) is 5.02 Å². The highest BCUT2D eigenvalue weighted by Crippen LogP contribution is 2.44. The van der Waals surface area contributed by atoms with Crippen LogP contribution in [0.3, 0.4) is 0 Å². The smallest absolute Gasteiger partial charge is 0.312 e. The first-order chi connectivity index (χ1) is 13.4. The van der Waals surface area contributed by atoms with Crippen LogP contribution in [0.5, 0.6) is 11.5 Å². The topological polar surface area (TPSA) is 52.6 Å². The van der Waals surface area contributed by atoms with E-state index >= 15 is 0 Å². The van der Waals surface area contributed by atoms with Gasteiger partial charge in [-0.2, -0.15) is 0 Å². The summed E-state index contributed by atoms with van der Waals surface area (Å²) in [4.78, 5) is 22.8. The van der Waals surface area contributed by atoms with Gasteiger partial charge in [0.15, 0.2) is 5.75 Å². The lowest BCUT2D eigenvalue weighted by Crippen LogP contribution is -2.31. The summed E-state index contributed by atoms with van der Waals surface area (Å²) >= 11 is 6.03. The third-order valence-electron chi connectivity index (χ3n) is 5.52. The molecular formula is C24H29ClO4. The zero-order valence-corrected chi connectivity index (χ0v) is 18.6. The molecular weight excluding hydrogens is 388 g/mol. The molecule has 0 atom stereocenters. The molecule has 156 valence electrons. The maximum absolute atomic E-state index is 11.4. The van der Waals surface area contributed by atoms with Gasteiger partial charge in [0, 0.05) is 23.4 Å². The fraction of sp³-hybridized carbons (Fsp3) is 0.417. The summed E-state index contributed by atoms with van der Waals surface area (Å²) in [6.45, 7) is 12.3. The number of hydrogen-bond acceptors (Lipinski definition) is 4. The second-order valence-electron chi connectivity index (χ2n) is 9.09. The molecule has 0 fully saturated rings. The van der Waals surface area contributed by atoms with Crippen molar-refractivity contribution in [1.29, 1.82) is 0 Å². The average Bonchev–Trinajstić information content (AvgIpc) is 2.56. The van der Waals surface area contributed by atoms with Gasteiger partial charge in [-0.05, 0) is 37.1 Å². The van der Waals surface area contributed by atoms with Crippen molar-refractivity contribution < 1.29 is 20.5 Å². The molecule has 4 rings (SSSR count). The van der Waals surface area contributed by atoms with Gasteiger partial charge < -0.3 is 9.47 Å². The molecule has 2 aromatic rings. The van der Waals surface area contributed by atoms with Crippen molar-refractivity contribution in [1.82, 2.24) is 0 Å². The second-order valence-corrected chi connectivity index (χ2v) is 9.49. The highest BCUT2D eigenvalue weighted by atomic mass is 35.5. The van der Waals surface area contributed by atoms with Crippen LogP contribution >= 0.6 is 11.6 Å². The van der Waals surface area contributed by atoms with Crippen LogP contribution in [-0.2, 0) is 20.4 Å². The number of aryl methyl sites for hydroxylation is 2. The van der Waals surface area contributed by atoms with Crippen LogP contribution in [0.4, 0.5) is 0 Å². The minimum atomic E-state index is -0.208. The first-order valence-electron chi connectivity index (χ1n) is 9.73. The van der Waals surface area contributed by atoms with E-state index < -0.39 is 0 Å². The molecule has 0 saturated carbocycles. The van der Waals surface area contributed by atoms with Crippen molar-refractivity contribution in [3.8, 4) is 11.5 Å². The van der Waals surface area contributed by atoms with E-state index in [0.717, 1.165) is 16.9 Å². The summed E-state index contributed by atoms with van der Waals surface area (Å²) < 4.78 is 10.4. The first kappa shape index (κ1) is 21.4. The molecule has 0 saturated heterocycles. The van der Waals surface area contributed by atoms with E-state index in [2.05, 4.69) is 26.8 Å². The number of rotatable bonds is 0. The fourth-order valence-electron chi connectivity index (χ4n) is 4.40. The Kier molecular flexibility index (Phi) is 5.52. The number of halogens is 1. The minimum absolute atomic E-state index is 0. The van der Waals surface area contributed by atoms with Gasteiger partial charge in [0.05, 0.1) is 17.9 Å². The number of fused-ring (bicyclic) bond motifs is 2. The molecule has 4 nitrogen and oxygen atoms in total. The monoisotopic (exact) mass is 416 g/mol. The second kappa shape index (κ2) is 7.49. The van der Waals surface area contributed by atoms with Gasteiger partial charge in [0.2, 0.25) is 0 Å². The van der Waals surface area contributed by atoms with E-state index in [0.29, 0.717) is 23.6 Å². The van der Waals surface area contributed by atoms with Crippen LogP contribution in [0.15, 0.2) is 30.3 Å². The highest BCUT2D eigenvalue weighted by molar-refractivity contribution is 6.32. The number of carbonyl (C=O) groups is 2. The van der Waals surface area contributed by atoms with Gasteiger partial charge in [-0.25, -0.2) is 0 Å². The normalized spacial score (nSPS) is 18.4. The van der Waals surface area contributed by atoms with Crippen molar-refractivity contribution in [2.75, 3.05) is 0 Å². The molecule has 2 aromatic carbocycles. The molecule has 0 aromatic heterocycles. The predicted molar refractivity (Wildman–Crippen MR) is 116 cm³/mol. The Bertz CT molecular complexity index is 995. The van der Waals surface area contributed by atoms with Crippen LogP contribution in [-0.4, -0.2) is 11.9 Å². The summed E-state index contributed by atoms with van der Waals surface area (Å²) in [6, 6.07) is 9.57. The Morgan fingerprint density at radius 2 is 1.38 bits per heavy atom. The van der Waals surface area contributed by atoms with Gasteiger partial charge in [-0.15, -0.1) is 0 Å². The van der Waals surface area contributed by atoms with E-state index in [1.165, 1.54) is 11.1 Å². The molecule has 29 heavy (non-hydrogen) atoms. The molecule has 0 aliphatic carbocycles. The average molecular weight is 417 g/mol. The third-order valence-corrected chi connectivity index (χ3v) is 5.82. The van der Waals surface area contributed by atoms with Gasteiger partial charge >= 0.3 is 11.9 Å². The summed E-state index contributed by atoms with van der Waals surface area (Å²) in [7, 11) is 0.